The molecule has 0 aliphatic rings. The molecule has 3 aromatic rings. The highest BCUT2D eigenvalue weighted by atomic mass is 35.5. The third-order valence-electron chi connectivity index (χ3n) is 2.87. The van der Waals surface area contributed by atoms with Crippen LogP contribution in [0.3, 0.4) is 0 Å². The first-order valence-corrected chi connectivity index (χ1v) is 6.49. The van der Waals surface area contributed by atoms with Gasteiger partial charge < -0.3 is 0 Å². The Kier molecular flexibility index (Phi) is 3.43. The molecule has 2 aromatic heterocycles. The van der Waals surface area contributed by atoms with Gasteiger partial charge in [0, 0.05) is 23.6 Å². The highest BCUT2D eigenvalue weighted by Gasteiger charge is 2.14. The van der Waals surface area contributed by atoms with Crippen LogP contribution in [0.1, 0.15) is 5.82 Å². The first-order chi connectivity index (χ1) is 9.79. The lowest BCUT2D eigenvalue weighted by Gasteiger charge is -2.09. The first kappa shape index (κ1) is 12.7. The van der Waals surface area contributed by atoms with Gasteiger partial charge in [-0.2, -0.15) is 0 Å². The SMILES string of the molecule is Fc1ccc(-n2c(CCl)nnc2-c2ccncc2)cc1. The Morgan fingerprint density at radius 3 is 2.35 bits per heavy atom. The maximum absolute atomic E-state index is 13.1. The third-order valence-corrected chi connectivity index (χ3v) is 3.11. The van der Waals surface area contributed by atoms with Crippen molar-refractivity contribution < 1.29 is 4.39 Å². The lowest BCUT2D eigenvalue weighted by Crippen LogP contribution is -2.01. The van der Waals surface area contributed by atoms with Crippen LogP contribution < -0.4 is 0 Å². The lowest BCUT2D eigenvalue weighted by molar-refractivity contribution is 0.627. The minimum absolute atomic E-state index is 0.218. The Morgan fingerprint density at radius 1 is 1.00 bits per heavy atom. The molecule has 0 spiro atoms. The van der Waals surface area contributed by atoms with E-state index in [4.69, 9.17) is 11.6 Å². The summed E-state index contributed by atoms with van der Waals surface area (Å²) >= 11 is 5.90. The number of alkyl halides is 1. The molecule has 1 aromatic carbocycles. The number of aromatic nitrogens is 4. The van der Waals surface area contributed by atoms with E-state index in [1.54, 1.807) is 24.5 Å². The van der Waals surface area contributed by atoms with Crippen molar-refractivity contribution in [3.05, 3.63) is 60.4 Å². The minimum atomic E-state index is -0.292. The Bertz CT molecular complexity index is 710. The minimum Gasteiger partial charge on any atom is -0.278 e. The fraction of sp³-hybridized carbons (Fsp3) is 0.0714. The van der Waals surface area contributed by atoms with Gasteiger partial charge in [0.05, 0.1) is 5.88 Å². The molecule has 0 unspecified atom stereocenters. The molecule has 4 nitrogen and oxygen atoms in total. The van der Waals surface area contributed by atoms with Gasteiger partial charge in [-0.1, -0.05) is 0 Å². The molecular formula is C14H10ClFN4. The largest absolute Gasteiger partial charge is 0.278 e. The zero-order valence-corrected chi connectivity index (χ0v) is 11.1. The molecule has 3 rings (SSSR count). The van der Waals surface area contributed by atoms with Crippen molar-refractivity contribution in [2.24, 2.45) is 0 Å². The summed E-state index contributed by atoms with van der Waals surface area (Å²) in [5.74, 6) is 1.18. The van der Waals surface area contributed by atoms with Crippen LogP contribution in [0, 0.1) is 5.82 Å². The molecule has 0 aliphatic heterocycles. The molecule has 0 bridgehead atoms. The standard InChI is InChI=1S/C14H10ClFN4/c15-9-13-18-19-14(10-5-7-17-8-6-10)20(13)12-3-1-11(16)2-4-12/h1-8H,9H2. The van der Waals surface area contributed by atoms with Crippen molar-refractivity contribution in [2.45, 2.75) is 5.88 Å². The van der Waals surface area contributed by atoms with Crippen molar-refractivity contribution in [3.63, 3.8) is 0 Å². The van der Waals surface area contributed by atoms with Crippen molar-refractivity contribution >= 4 is 11.6 Å². The first-order valence-electron chi connectivity index (χ1n) is 5.96. The zero-order valence-electron chi connectivity index (χ0n) is 10.4. The van der Waals surface area contributed by atoms with E-state index in [-0.39, 0.29) is 11.7 Å². The zero-order chi connectivity index (χ0) is 13.9. The van der Waals surface area contributed by atoms with Crippen LogP contribution in [0.25, 0.3) is 17.1 Å². The smallest absolute Gasteiger partial charge is 0.168 e. The van der Waals surface area contributed by atoms with Crippen LogP contribution in [0.15, 0.2) is 48.8 Å². The van der Waals surface area contributed by atoms with Crippen LogP contribution in [0.5, 0.6) is 0 Å². The molecule has 0 N–H and O–H groups in total. The third kappa shape index (κ3) is 2.28. The topological polar surface area (TPSA) is 43.6 Å². The van der Waals surface area contributed by atoms with Crippen LogP contribution >= 0.6 is 11.6 Å². The second kappa shape index (κ2) is 5.38. The van der Waals surface area contributed by atoms with Gasteiger partial charge in [0.2, 0.25) is 0 Å². The molecule has 20 heavy (non-hydrogen) atoms. The van der Waals surface area contributed by atoms with E-state index in [0.717, 1.165) is 11.3 Å². The second-order valence-corrected chi connectivity index (χ2v) is 4.39. The van der Waals surface area contributed by atoms with Gasteiger partial charge in [-0.15, -0.1) is 21.8 Å². The molecule has 0 saturated heterocycles. The van der Waals surface area contributed by atoms with E-state index in [1.165, 1.54) is 12.1 Å². The van der Waals surface area contributed by atoms with Crippen molar-refractivity contribution in [3.8, 4) is 17.1 Å². The van der Waals surface area contributed by atoms with E-state index < -0.39 is 0 Å². The molecule has 0 atom stereocenters. The summed E-state index contributed by atoms with van der Waals surface area (Å²) in [5.41, 5.74) is 1.63. The maximum Gasteiger partial charge on any atom is 0.168 e. The van der Waals surface area contributed by atoms with Gasteiger partial charge in [-0.05, 0) is 36.4 Å². The van der Waals surface area contributed by atoms with Crippen molar-refractivity contribution in [1.29, 1.82) is 0 Å². The number of nitrogens with zero attached hydrogens (tertiary/aromatic N) is 4. The lowest BCUT2D eigenvalue weighted by atomic mass is 10.2. The Balaban J connectivity index is 2.18. The number of hydrogen-bond acceptors (Lipinski definition) is 3. The summed E-state index contributed by atoms with van der Waals surface area (Å²) in [7, 11) is 0. The summed E-state index contributed by atoms with van der Waals surface area (Å²) in [6, 6.07) is 9.79. The summed E-state index contributed by atoms with van der Waals surface area (Å²) in [6.45, 7) is 0. The average molecular weight is 289 g/mol. The van der Waals surface area contributed by atoms with Gasteiger partial charge in [0.1, 0.15) is 5.82 Å². The van der Waals surface area contributed by atoms with Crippen molar-refractivity contribution in [2.75, 3.05) is 0 Å². The summed E-state index contributed by atoms with van der Waals surface area (Å²) in [4.78, 5) is 3.98. The van der Waals surface area contributed by atoms with Crippen LogP contribution in [-0.4, -0.2) is 19.7 Å². The van der Waals surface area contributed by atoms with Crippen LogP contribution in [0.4, 0.5) is 4.39 Å². The number of rotatable bonds is 3. The second-order valence-electron chi connectivity index (χ2n) is 4.12. The van der Waals surface area contributed by atoms with Gasteiger partial charge in [-0.25, -0.2) is 4.39 Å². The fourth-order valence-electron chi connectivity index (χ4n) is 1.95. The highest BCUT2D eigenvalue weighted by molar-refractivity contribution is 6.16. The molecule has 6 heteroatoms. The number of halogens is 2. The highest BCUT2D eigenvalue weighted by Crippen LogP contribution is 2.23. The van der Waals surface area contributed by atoms with E-state index in [9.17, 15) is 4.39 Å². The van der Waals surface area contributed by atoms with E-state index in [1.807, 2.05) is 16.7 Å². The maximum atomic E-state index is 13.1. The van der Waals surface area contributed by atoms with Gasteiger partial charge >= 0.3 is 0 Å². The molecule has 2 heterocycles. The van der Waals surface area contributed by atoms with Crippen LogP contribution in [-0.2, 0) is 5.88 Å². The monoisotopic (exact) mass is 288 g/mol. The van der Waals surface area contributed by atoms with E-state index in [2.05, 4.69) is 15.2 Å². The molecule has 100 valence electrons. The molecule has 0 radical (unpaired) electrons. The summed E-state index contributed by atoms with van der Waals surface area (Å²) in [6.07, 6.45) is 3.36. The van der Waals surface area contributed by atoms with Gasteiger partial charge in [0.15, 0.2) is 11.6 Å². The fourth-order valence-corrected chi connectivity index (χ4v) is 2.13. The molecule has 0 saturated carbocycles. The number of hydrogen-bond donors (Lipinski definition) is 0. The van der Waals surface area contributed by atoms with E-state index in [0.29, 0.717) is 11.6 Å². The number of pyridine rings is 1. The summed E-state index contributed by atoms with van der Waals surface area (Å²) in [5, 5.41) is 8.24. The van der Waals surface area contributed by atoms with Crippen LogP contribution in [0.2, 0.25) is 0 Å². The van der Waals surface area contributed by atoms with Gasteiger partial charge in [-0.3, -0.25) is 9.55 Å². The van der Waals surface area contributed by atoms with Crippen molar-refractivity contribution in [1.82, 2.24) is 19.7 Å². The molecule has 0 fully saturated rings. The summed E-state index contributed by atoms with van der Waals surface area (Å²) < 4.78 is 14.9. The quantitative estimate of drug-likeness (QED) is 0.695. The molecule has 0 amide bonds. The normalized spacial score (nSPS) is 10.7. The Morgan fingerprint density at radius 2 is 1.70 bits per heavy atom. The predicted molar refractivity (Wildman–Crippen MR) is 74.1 cm³/mol. The number of benzene rings is 1. The predicted octanol–water partition coefficient (Wildman–Crippen LogP) is 3.21. The molecular weight excluding hydrogens is 279 g/mol. The van der Waals surface area contributed by atoms with Gasteiger partial charge in [0.25, 0.3) is 0 Å². The molecule has 0 aliphatic carbocycles. The Hall–Kier alpha value is -2.27. The average Bonchev–Trinajstić information content (AvgIpc) is 2.93. The Labute approximate surface area is 119 Å². The van der Waals surface area contributed by atoms with E-state index >= 15 is 0 Å².